The highest BCUT2D eigenvalue weighted by Crippen LogP contribution is 2.32. The number of nitrogens with one attached hydrogen (secondary N) is 1. The van der Waals surface area contributed by atoms with E-state index in [1.54, 1.807) is 11.8 Å². The predicted octanol–water partition coefficient (Wildman–Crippen LogP) is 4.98. The van der Waals surface area contributed by atoms with Crippen LogP contribution < -0.4 is 15.8 Å². The first-order valence-electron chi connectivity index (χ1n) is 14.5. The maximum absolute atomic E-state index is 13.9. The Morgan fingerprint density at radius 3 is 2.26 bits per heavy atom. The third kappa shape index (κ3) is 9.08. The largest absolute Gasteiger partial charge is 0.456 e. The van der Waals surface area contributed by atoms with Crippen LogP contribution in [-0.4, -0.2) is 77.5 Å². The van der Waals surface area contributed by atoms with E-state index in [1.165, 1.54) is 17.0 Å². The minimum Gasteiger partial charge on any atom is -0.456 e. The topological polar surface area (TPSA) is 119 Å². The van der Waals surface area contributed by atoms with E-state index < -0.39 is 61.5 Å². The molecule has 1 aliphatic rings. The van der Waals surface area contributed by atoms with Gasteiger partial charge < -0.3 is 24.3 Å². The molecule has 1 saturated heterocycles. The van der Waals surface area contributed by atoms with Gasteiger partial charge in [0.05, 0.1) is 17.4 Å². The number of hydrogen-bond donors (Lipinski definition) is 1. The Balaban J connectivity index is 1.34. The molecule has 11 nitrogen and oxygen atoms in total. The number of aromatic nitrogens is 4. The maximum atomic E-state index is 13.9. The molecule has 4 heterocycles. The quantitative estimate of drug-likeness (QED) is 0.171. The summed E-state index contributed by atoms with van der Waals surface area (Å²) < 4.78 is 91.9. The first-order chi connectivity index (χ1) is 21.4. The molecule has 0 radical (unpaired) electrons. The Bertz CT molecular complexity index is 1550. The molecule has 4 rings (SSSR count). The van der Waals surface area contributed by atoms with Gasteiger partial charge in [-0.25, -0.2) is 14.6 Å². The lowest BCUT2D eigenvalue weighted by atomic mass is 10.1. The number of hydrogen-bond acceptors (Lipinski definition) is 9. The summed E-state index contributed by atoms with van der Waals surface area (Å²) >= 11 is 0. The number of alkyl halides is 6. The SMILES string of the molecule is CC(Cc1ccc(C(=O)N2CCN(c3ncc(C(F)(F)F)cn3)CC2)o1)Nc1cnn(COCC[Si](C)(C)C)c(=O)c1C(F)(F)F. The second-order valence-electron chi connectivity index (χ2n) is 12.1. The fourth-order valence-corrected chi connectivity index (χ4v) is 5.37. The van der Waals surface area contributed by atoms with Crippen LogP contribution in [-0.2, 0) is 30.2 Å². The molecule has 1 unspecified atom stereocenters. The standard InChI is InChI=1S/C28H35F6N7O4Si/c1-18(38-21-16-37-41(17-44-11-12-46(2,3)4)25(43)23(21)28(32,33)34)13-20-5-6-22(45-20)24(42)39-7-9-40(10-8-39)26-35-14-19(15-36-26)27(29,30)31/h5-6,14-16,18,38H,7-13,17H2,1-4H3. The van der Waals surface area contributed by atoms with Crippen molar-refractivity contribution in [1.29, 1.82) is 0 Å². The maximum Gasteiger partial charge on any atom is 0.423 e. The van der Waals surface area contributed by atoms with Crippen LogP contribution in [0.1, 0.15) is 34.4 Å². The number of carbonyl (C=O) groups is 1. The molecule has 1 atom stereocenters. The van der Waals surface area contributed by atoms with Crippen molar-refractivity contribution in [1.82, 2.24) is 24.6 Å². The van der Waals surface area contributed by atoms with Gasteiger partial charge in [0.25, 0.3) is 11.5 Å². The van der Waals surface area contributed by atoms with Crippen LogP contribution in [0.3, 0.4) is 0 Å². The second kappa shape index (κ2) is 13.8. The van der Waals surface area contributed by atoms with Crippen LogP contribution in [0.5, 0.6) is 0 Å². The number of nitrogens with zero attached hydrogens (tertiary/aromatic N) is 6. The number of anilines is 2. The number of furan rings is 1. The van der Waals surface area contributed by atoms with Crippen molar-refractivity contribution in [3.63, 3.8) is 0 Å². The highest BCUT2D eigenvalue weighted by Gasteiger charge is 2.39. The lowest BCUT2D eigenvalue weighted by molar-refractivity contribution is -0.139. The first-order valence-corrected chi connectivity index (χ1v) is 18.2. The van der Waals surface area contributed by atoms with Crippen LogP contribution in [0.4, 0.5) is 38.0 Å². The smallest absolute Gasteiger partial charge is 0.423 e. The second-order valence-corrected chi connectivity index (χ2v) is 17.8. The van der Waals surface area contributed by atoms with Crippen molar-refractivity contribution in [2.24, 2.45) is 0 Å². The first kappa shape index (κ1) is 34.9. The van der Waals surface area contributed by atoms with E-state index in [2.05, 4.69) is 40.0 Å². The number of amides is 1. The number of ether oxygens (including phenoxy) is 1. The third-order valence-corrected chi connectivity index (χ3v) is 8.84. The summed E-state index contributed by atoms with van der Waals surface area (Å²) in [5.74, 6) is 0.0505. The fraction of sp³-hybridized carbons (Fsp3) is 0.536. The average Bonchev–Trinajstić information content (AvgIpc) is 3.42. The van der Waals surface area contributed by atoms with Gasteiger partial charge in [0, 0.05) is 65.7 Å². The third-order valence-electron chi connectivity index (χ3n) is 7.13. The molecule has 3 aromatic rings. The van der Waals surface area contributed by atoms with Gasteiger partial charge in [0.15, 0.2) is 5.76 Å². The number of carbonyl (C=O) groups excluding carboxylic acids is 1. The molecule has 1 aliphatic heterocycles. The zero-order chi connectivity index (χ0) is 33.9. The van der Waals surface area contributed by atoms with E-state index >= 15 is 0 Å². The Morgan fingerprint density at radius 1 is 1.02 bits per heavy atom. The lowest BCUT2D eigenvalue weighted by Crippen LogP contribution is -2.49. The van der Waals surface area contributed by atoms with Gasteiger partial charge in [-0.15, -0.1) is 0 Å². The lowest BCUT2D eigenvalue weighted by Gasteiger charge is -2.34. The molecule has 0 aromatic carbocycles. The van der Waals surface area contributed by atoms with E-state index in [0.717, 1.165) is 12.2 Å². The molecule has 1 N–H and O–H groups in total. The zero-order valence-electron chi connectivity index (χ0n) is 25.7. The van der Waals surface area contributed by atoms with Gasteiger partial charge >= 0.3 is 12.4 Å². The fourth-order valence-electron chi connectivity index (χ4n) is 4.61. The molecule has 1 fully saturated rings. The molecular formula is C28H35F6N7O4Si. The van der Waals surface area contributed by atoms with E-state index in [4.69, 9.17) is 9.15 Å². The van der Waals surface area contributed by atoms with Gasteiger partial charge in [-0.3, -0.25) is 9.59 Å². The molecular weight excluding hydrogens is 640 g/mol. The van der Waals surface area contributed by atoms with Crippen LogP contribution >= 0.6 is 0 Å². The molecule has 46 heavy (non-hydrogen) atoms. The van der Waals surface area contributed by atoms with E-state index in [-0.39, 0.29) is 44.3 Å². The van der Waals surface area contributed by atoms with Crippen LogP contribution in [0, 0.1) is 0 Å². The summed E-state index contributed by atoms with van der Waals surface area (Å²) in [4.78, 5) is 36.5. The summed E-state index contributed by atoms with van der Waals surface area (Å²) in [5, 5.41) is 6.55. The van der Waals surface area contributed by atoms with Gasteiger partial charge in [-0.1, -0.05) is 19.6 Å². The predicted molar refractivity (Wildman–Crippen MR) is 158 cm³/mol. The molecule has 0 bridgehead atoms. The van der Waals surface area contributed by atoms with Gasteiger partial charge in [0.1, 0.15) is 18.1 Å². The van der Waals surface area contributed by atoms with Gasteiger partial charge in [-0.05, 0) is 25.1 Å². The molecule has 0 spiro atoms. The Hall–Kier alpha value is -3.93. The van der Waals surface area contributed by atoms with Crippen molar-refractivity contribution in [2.75, 3.05) is 43.0 Å². The van der Waals surface area contributed by atoms with Crippen molar-refractivity contribution in [3.05, 3.63) is 63.7 Å². The molecule has 3 aromatic heterocycles. The van der Waals surface area contributed by atoms with Crippen molar-refractivity contribution in [3.8, 4) is 0 Å². The van der Waals surface area contributed by atoms with E-state index in [1.807, 2.05) is 0 Å². The summed E-state index contributed by atoms with van der Waals surface area (Å²) in [6.07, 6.45) is -7.05. The van der Waals surface area contributed by atoms with Crippen LogP contribution in [0.2, 0.25) is 25.7 Å². The Kier molecular flexibility index (Phi) is 10.5. The summed E-state index contributed by atoms with van der Waals surface area (Å²) in [7, 11) is -1.43. The summed E-state index contributed by atoms with van der Waals surface area (Å²) in [6.45, 7) is 8.92. The van der Waals surface area contributed by atoms with Crippen molar-refractivity contribution in [2.45, 2.75) is 64.2 Å². The number of halogens is 6. The zero-order valence-corrected chi connectivity index (χ0v) is 26.7. The highest BCUT2D eigenvalue weighted by atomic mass is 28.3. The Labute approximate surface area is 261 Å². The van der Waals surface area contributed by atoms with Gasteiger partial charge in [-0.2, -0.15) is 31.4 Å². The van der Waals surface area contributed by atoms with Crippen LogP contribution in [0.15, 0.2) is 39.9 Å². The van der Waals surface area contributed by atoms with E-state index in [9.17, 15) is 35.9 Å². The monoisotopic (exact) mass is 675 g/mol. The Morgan fingerprint density at radius 2 is 1.67 bits per heavy atom. The van der Waals surface area contributed by atoms with Gasteiger partial charge in [0.2, 0.25) is 5.95 Å². The van der Waals surface area contributed by atoms with Crippen molar-refractivity contribution < 1.29 is 40.3 Å². The molecule has 1 amide bonds. The molecule has 0 aliphatic carbocycles. The highest BCUT2D eigenvalue weighted by molar-refractivity contribution is 6.76. The van der Waals surface area contributed by atoms with Crippen molar-refractivity contribution >= 4 is 25.6 Å². The molecule has 252 valence electrons. The van der Waals surface area contributed by atoms with E-state index in [0.29, 0.717) is 29.4 Å². The minimum atomic E-state index is -4.95. The normalized spacial score (nSPS) is 15.3. The van der Waals surface area contributed by atoms with Crippen LogP contribution in [0.25, 0.3) is 0 Å². The molecule has 18 heteroatoms. The number of piperazine rings is 1. The average molecular weight is 676 g/mol. The number of rotatable bonds is 11. The molecule has 0 saturated carbocycles. The summed E-state index contributed by atoms with van der Waals surface area (Å²) in [6, 6.07) is 3.13. The minimum absolute atomic E-state index is 0.0239. The summed E-state index contributed by atoms with van der Waals surface area (Å²) in [5.41, 5.74) is -4.16.